The molecule has 0 unspecified atom stereocenters. The quantitative estimate of drug-likeness (QED) is 0.540. The van der Waals surface area contributed by atoms with Crippen molar-refractivity contribution in [3.63, 3.8) is 0 Å². The monoisotopic (exact) mass is 375 g/mol. The van der Waals surface area contributed by atoms with Crippen LogP contribution in [0, 0.1) is 15.9 Å². The lowest BCUT2D eigenvalue weighted by Gasteiger charge is -2.29. The van der Waals surface area contributed by atoms with Gasteiger partial charge in [-0.25, -0.2) is 19.2 Å². The van der Waals surface area contributed by atoms with E-state index in [9.17, 15) is 19.3 Å². The van der Waals surface area contributed by atoms with Crippen LogP contribution in [0.2, 0.25) is 0 Å². The van der Waals surface area contributed by atoms with Gasteiger partial charge in [0.2, 0.25) is 0 Å². The molecule has 1 fully saturated rings. The molecule has 0 radical (unpaired) electrons. The number of carbonyl (C=O) groups is 1. The normalized spacial score (nSPS) is 19.3. The smallest absolute Gasteiger partial charge is 0.404 e. The molecule has 27 heavy (non-hydrogen) atoms. The maximum absolute atomic E-state index is 13.3. The van der Waals surface area contributed by atoms with E-state index in [1.807, 2.05) is 0 Å². The number of benzene rings is 1. The predicted octanol–water partition coefficient (Wildman–Crippen LogP) is 3.18. The third-order valence-corrected chi connectivity index (χ3v) is 4.51. The standard InChI is InChI=1S/C17H18FN5O4/c18-10-1-6-13(15(7-10)23(26)27)14-8-16(20-9-19-14)21-11-2-4-12(5-3-11)22-17(24)25/h1,6-9,11-12,22H,2-5H2,(H,24,25)(H,19,20,21). The summed E-state index contributed by atoms with van der Waals surface area (Å²) in [6, 6.07) is 4.98. The number of nitro benzene ring substituents is 1. The Morgan fingerprint density at radius 2 is 1.89 bits per heavy atom. The number of amides is 1. The van der Waals surface area contributed by atoms with Crippen LogP contribution in [0.15, 0.2) is 30.6 Å². The lowest BCUT2D eigenvalue weighted by molar-refractivity contribution is -0.384. The average molecular weight is 375 g/mol. The van der Waals surface area contributed by atoms with E-state index in [4.69, 9.17) is 5.11 Å². The molecule has 0 aliphatic heterocycles. The van der Waals surface area contributed by atoms with Gasteiger partial charge in [0, 0.05) is 18.2 Å². The number of carboxylic acid groups (broad SMARTS) is 1. The summed E-state index contributed by atoms with van der Waals surface area (Å²) in [4.78, 5) is 29.4. The van der Waals surface area contributed by atoms with Crippen molar-refractivity contribution in [2.24, 2.45) is 0 Å². The summed E-state index contributed by atoms with van der Waals surface area (Å²) in [7, 11) is 0. The number of hydrogen-bond donors (Lipinski definition) is 3. The minimum absolute atomic E-state index is 0.0524. The Balaban J connectivity index is 1.72. The Labute approximate surface area is 153 Å². The Kier molecular flexibility index (Phi) is 5.43. The summed E-state index contributed by atoms with van der Waals surface area (Å²) < 4.78 is 13.3. The minimum atomic E-state index is -1.02. The highest BCUT2D eigenvalue weighted by atomic mass is 19.1. The molecule has 3 N–H and O–H groups in total. The molecule has 1 amide bonds. The van der Waals surface area contributed by atoms with Gasteiger partial charge >= 0.3 is 6.09 Å². The summed E-state index contributed by atoms with van der Waals surface area (Å²) in [5.41, 5.74) is 0.168. The number of nitrogens with one attached hydrogen (secondary N) is 2. The first-order valence-electron chi connectivity index (χ1n) is 8.44. The molecule has 1 heterocycles. The van der Waals surface area contributed by atoms with Crippen LogP contribution in [0.3, 0.4) is 0 Å². The van der Waals surface area contributed by atoms with E-state index in [1.165, 1.54) is 12.4 Å². The molecule has 0 spiro atoms. The first-order chi connectivity index (χ1) is 12.9. The van der Waals surface area contributed by atoms with Crippen molar-refractivity contribution < 1.29 is 19.2 Å². The summed E-state index contributed by atoms with van der Waals surface area (Å²) >= 11 is 0. The second kappa shape index (κ2) is 7.94. The zero-order chi connectivity index (χ0) is 19.4. The molecule has 10 heteroatoms. The van der Waals surface area contributed by atoms with Crippen LogP contribution in [0.1, 0.15) is 25.7 Å². The minimum Gasteiger partial charge on any atom is -0.465 e. The van der Waals surface area contributed by atoms with Crippen molar-refractivity contribution in [1.29, 1.82) is 0 Å². The Bertz CT molecular complexity index is 855. The van der Waals surface area contributed by atoms with Gasteiger partial charge in [0.05, 0.1) is 22.2 Å². The number of hydrogen-bond acceptors (Lipinski definition) is 6. The van der Waals surface area contributed by atoms with Crippen molar-refractivity contribution in [3.05, 3.63) is 46.5 Å². The van der Waals surface area contributed by atoms with Gasteiger partial charge in [-0.15, -0.1) is 0 Å². The molecule has 1 aliphatic carbocycles. The number of nitrogens with zero attached hydrogens (tertiary/aromatic N) is 3. The fourth-order valence-corrected chi connectivity index (χ4v) is 3.22. The molecule has 0 atom stereocenters. The largest absolute Gasteiger partial charge is 0.465 e. The van der Waals surface area contributed by atoms with Gasteiger partial charge in [-0.3, -0.25) is 10.1 Å². The second-order valence-corrected chi connectivity index (χ2v) is 6.35. The number of anilines is 1. The molecule has 0 saturated heterocycles. The van der Waals surface area contributed by atoms with E-state index in [0.29, 0.717) is 24.4 Å². The maximum atomic E-state index is 13.3. The highest BCUT2D eigenvalue weighted by molar-refractivity contribution is 5.72. The number of aromatic nitrogens is 2. The van der Waals surface area contributed by atoms with Gasteiger partial charge in [0.15, 0.2) is 0 Å². The summed E-state index contributed by atoms with van der Waals surface area (Å²) in [6.45, 7) is 0. The molecule has 1 aromatic carbocycles. The fourth-order valence-electron chi connectivity index (χ4n) is 3.22. The predicted molar refractivity (Wildman–Crippen MR) is 94.9 cm³/mol. The Morgan fingerprint density at radius 1 is 1.19 bits per heavy atom. The van der Waals surface area contributed by atoms with Gasteiger partial charge in [-0.1, -0.05) is 0 Å². The molecular formula is C17H18FN5O4. The molecule has 0 bridgehead atoms. The maximum Gasteiger partial charge on any atom is 0.404 e. The Hall–Kier alpha value is -3.30. The summed E-state index contributed by atoms with van der Waals surface area (Å²) in [5, 5.41) is 25.7. The average Bonchev–Trinajstić information content (AvgIpc) is 2.63. The number of nitro groups is 1. The molecular weight excluding hydrogens is 357 g/mol. The van der Waals surface area contributed by atoms with Crippen LogP contribution in [-0.4, -0.2) is 38.2 Å². The molecule has 142 valence electrons. The van der Waals surface area contributed by atoms with E-state index < -0.39 is 16.8 Å². The Morgan fingerprint density at radius 3 is 2.56 bits per heavy atom. The van der Waals surface area contributed by atoms with E-state index in [-0.39, 0.29) is 23.3 Å². The summed E-state index contributed by atoms with van der Waals surface area (Å²) in [6.07, 6.45) is 3.23. The zero-order valence-electron chi connectivity index (χ0n) is 14.3. The van der Waals surface area contributed by atoms with Crippen LogP contribution < -0.4 is 10.6 Å². The lowest BCUT2D eigenvalue weighted by atomic mass is 9.91. The van der Waals surface area contributed by atoms with Crippen LogP contribution in [-0.2, 0) is 0 Å². The zero-order valence-corrected chi connectivity index (χ0v) is 14.3. The van der Waals surface area contributed by atoms with Crippen molar-refractivity contribution in [2.45, 2.75) is 37.8 Å². The van der Waals surface area contributed by atoms with Gasteiger partial charge in [0.25, 0.3) is 5.69 Å². The topological polar surface area (TPSA) is 130 Å². The summed E-state index contributed by atoms with van der Waals surface area (Å²) in [5.74, 6) is -0.183. The van der Waals surface area contributed by atoms with Crippen LogP contribution in [0.4, 0.5) is 20.7 Å². The first-order valence-corrected chi connectivity index (χ1v) is 8.44. The highest BCUT2D eigenvalue weighted by Crippen LogP contribution is 2.30. The molecule has 3 rings (SSSR count). The van der Waals surface area contributed by atoms with E-state index in [1.54, 1.807) is 6.07 Å². The number of rotatable bonds is 5. The van der Waals surface area contributed by atoms with Crippen molar-refractivity contribution >= 4 is 17.6 Å². The first kappa shape index (κ1) is 18.5. The van der Waals surface area contributed by atoms with Crippen molar-refractivity contribution in [1.82, 2.24) is 15.3 Å². The van der Waals surface area contributed by atoms with E-state index >= 15 is 0 Å². The van der Waals surface area contributed by atoms with Crippen LogP contribution in [0.5, 0.6) is 0 Å². The SMILES string of the molecule is O=C(O)NC1CCC(Nc2cc(-c3ccc(F)cc3[N+](=O)[O-])ncn2)CC1. The molecule has 1 aromatic heterocycles. The molecule has 2 aromatic rings. The third kappa shape index (κ3) is 4.66. The lowest BCUT2D eigenvalue weighted by Crippen LogP contribution is -2.39. The fraction of sp³-hybridized carbons (Fsp3) is 0.353. The van der Waals surface area contributed by atoms with Crippen molar-refractivity contribution in [2.75, 3.05) is 5.32 Å². The van der Waals surface area contributed by atoms with E-state index in [0.717, 1.165) is 25.0 Å². The van der Waals surface area contributed by atoms with Gasteiger partial charge in [0.1, 0.15) is 18.0 Å². The number of halogens is 1. The van der Waals surface area contributed by atoms with Crippen molar-refractivity contribution in [3.8, 4) is 11.3 Å². The highest BCUT2D eigenvalue weighted by Gasteiger charge is 2.23. The molecule has 9 nitrogen and oxygen atoms in total. The van der Waals surface area contributed by atoms with Gasteiger partial charge < -0.3 is 15.7 Å². The van der Waals surface area contributed by atoms with Crippen LogP contribution >= 0.6 is 0 Å². The van der Waals surface area contributed by atoms with Gasteiger partial charge in [-0.05, 0) is 37.8 Å². The molecule has 1 aliphatic rings. The third-order valence-electron chi connectivity index (χ3n) is 4.51. The van der Waals surface area contributed by atoms with E-state index in [2.05, 4.69) is 20.6 Å². The van der Waals surface area contributed by atoms with Gasteiger partial charge in [-0.2, -0.15) is 0 Å². The van der Waals surface area contributed by atoms with Crippen LogP contribution in [0.25, 0.3) is 11.3 Å². The second-order valence-electron chi connectivity index (χ2n) is 6.35. The molecule has 1 saturated carbocycles.